The van der Waals surface area contributed by atoms with Crippen LogP contribution in [0.3, 0.4) is 0 Å². The summed E-state index contributed by atoms with van der Waals surface area (Å²) in [5.41, 5.74) is 2.16. The standard InChI is InChI=1S/C24H29ClN4O4/c1-15-14-29(23(31)33-24(2,3)4)9-8-17(15)19-7-6-16(12-26-19)10-22(30)28-21-11-20(32-5)18(25)13-27-21/h6-8,11-13,15H,9-10,14H2,1-5H3,(H,27,28,30). The number of hydrogen-bond acceptors (Lipinski definition) is 6. The average Bonchev–Trinajstić information content (AvgIpc) is 2.74. The van der Waals surface area contributed by atoms with E-state index in [1.54, 1.807) is 17.2 Å². The molecule has 1 aliphatic heterocycles. The van der Waals surface area contributed by atoms with Crippen molar-refractivity contribution in [1.82, 2.24) is 14.9 Å². The van der Waals surface area contributed by atoms with Gasteiger partial charge < -0.3 is 19.7 Å². The number of carbonyl (C=O) groups is 2. The highest BCUT2D eigenvalue weighted by Gasteiger charge is 2.27. The Morgan fingerprint density at radius 2 is 2.00 bits per heavy atom. The van der Waals surface area contributed by atoms with Crippen molar-refractivity contribution in [1.29, 1.82) is 0 Å². The smallest absolute Gasteiger partial charge is 0.410 e. The number of halogens is 1. The van der Waals surface area contributed by atoms with Gasteiger partial charge in [0, 0.05) is 31.3 Å². The van der Waals surface area contributed by atoms with Crippen LogP contribution in [0.2, 0.25) is 5.02 Å². The largest absolute Gasteiger partial charge is 0.495 e. The Labute approximate surface area is 199 Å². The topological polar surface area (TPSA) is 93.7 Å². The van der Waals surface area contributed by atoms with Gasteiger partial charge in [0.1, 0.15) is 22.2 Å². The molecule has 9 heteroatoms. The van der Waals surface area contributed by atoms with Crippen molar-refractivity contribution in [3.05, 3.63) is 52.9 Å². The van der Waals surface area contributed by atoms with E-state index in [0.717, 1.165) is 16.8 Å². The van der Waals surface area contributed by atoms with Crippen LogP contribution in [0.15, 0.2) is 36.7 Å². The first-order valence-corrected chi connectivity index (χ1v) is 11.1. The maximum atomic E-state index is 12.4. The maximum Gasteiger partial charge on any atom is 0.410 e. The van der Waals surface area contributed by atoms with Crippen molar-refractivity contribution in [2.45, 2.75) is 39.7 Å². The van der Waals surface area contributed by atoms with Gasteiger partial charge >= 0.3 is 6.09 Å². The lowest BCUT2D eigenvalue weighted by Crippen LogP contribution is -2.41. The first-order valence-electron chi connectivity index (χ1n) is 10.7. The summed E-state index contributed by atoms with van der Waals surface area (Å²) in [5, 5.41) is 3.10. The third-order valence-corrected chi connectivity index (χ3v) is 5.29. The van der Waals surface area contributed by atoms with Gasteiger partial charge in [-0.1, -0.05) is 30.7 Å². The molecule has 0 fully saturated rings. The Balaban J connectivity index is 1.61. The fourth-order valence-corrected chi connectivity index (χ4v) is 3.64. The van der Waals surface area contributed by atoms with Crippen molar-refractivity contribution in [2.75, 3.05) is 25.5 Å². The van der Waals surface area contributed by atoms with Crippen LogP contribution in [0, 0.1) is 5.92 Å². The van der Waals surface area contributed by atoms with E-state index in [2.05, 4.69) is 22.2 Å². The Morgan fingerprint density at radius 3 is 2.61 bits per heavy atom. The number of hydrogen-bond donors (Lipinski definition) is 1. The molecule has 2 aromatic rings. The average molecular weight is 473 g/mol. The molecule has 1 N–H and O–H groups in total. The molecule has 0 spiro atoms. The Morgan fingerprint density at radius 1 is 1.24 bits per heavy atom. The lowest BCUT2D eigenvalue weighted by Gasteiger charge is -2.32. The van der Waals surface area contributed by atoms with Crippen molar-refractivity contribution in [2.24, 2.45) is 5.92 Å². The molecule has 8 nitrogen and oxygen atoms in total. The molecule has 3 heterocycles. The van der Waals surface area contributed by atoms with Crippen molar-refractivity contribution >= 4 is 35.0 Å². The molecular weight excluding hydrogens is 444 g/mol. The van der Waals surface area contributed by atoms with Gasteiger partial charge in [0.25, 0.3) is 0 Å². The second-order valence-corrected chi connectivity index (χ2v) is 9.33. The molecule has 33 heavy (non-hydrogen) atoms. The van der Waals surface area contributed by atoms with Gasteiger partial charge in [0.15, 0.2) is 0 Å². The molecule has 2 aromatic heterocycles. The number of methoxy groups -OCH3 is 1. The van der Waals surface area contributed by atoms with Gasteiger partial charge in [0.05, 0.1) is 25.4 Å². The van der Waals surface area contributed by atoms with E-state index in [1.807, 2.05) is 39.0 Å². The molecule has 0 bridgehead atoms. The van der Waals surface area contributed by atoms with Crippen LogP contribution in [0.25, 0.3) is 5.57 Å². The van der Waals surface area contributed by atoms with Crippen LogP contribution in [-0.2, 0) is 16.0 Å². The summed E-state index contributed by atoms with van der Waals surface area (Å²) < 4.78 is 10.6. The summed E-state index contributed by atoms with van der Waals surface area (Å²) in [6.45, 7) is 8.65. The van der Waals surface area contributed by atoms with Gasteiger partial charge in [-0.3, -0.25) is 9.78 Å². The molecular formula is C24H29ClN4O4. The monoisotopic (exact) mass is 472 g/mol. The first kappa shape index (κ1) is 24.5. The van der Waals surface area contributed by atoms with E-state index in [4.69, 9.17) is 21.1 Å². The van der Waals surface area contributed by atoms with E-state index >= 15 is 0 Å². The molecule has 0 aliphatic carbocycles. The van der Waals surface area contributed by atoms with E-state index in [0.29, 0.717) is 29.7 Å². The number of ether oxygens (including phenoxy) is 2. The zero-order chi connectivity index (χ0) is 24.2. The van der Waals surface area contributed by atoms with Crippen molar-refractivity contribution in [3.8, 4) is 5.75 Å². The number of amides is 2. The highest BCUT2D eigenvalue weighted by atomic mass is 35.5. The van der Waals surface area contributed by atoms with Crippen LogP contribution in [0.4, 0.5) is 10.6 Å². The number of aromatic nitrogens is 2. The fraction of sp³-hybridized carbons (Fsp3) is 0.417. The second-order valence-electron chi connectivity index (χ2n) is 8.93. The summed E-state index contributed by atoms with van der Waals surface area (Å²) in [4.78, 5) is 35.1. The normalized spacial score (nSPS) is 16.1. The molecule has 0 radical (unpaired) electrons. The van der Waals surface area contributed by atoms with E-state index < -0.39 is 5.60 Å². The number of anilines is 1. The quantitative estimate of drug-likeness (QED) is 0.684. The summed E-state index contributed by atoms with van der Waals surface area (Å²) in [7, 11) is 1.50. The highest BCUT2D eigenvalue weighted by molar-refractivity contribution is 6.32. The van der Waals surface area contributed by atoms with Crippen LogP contribution in [-0.4, -0.2) is 52.7 Å². The molecule has 0 saturated carbocycles. The number of nitrogens with zero attached hydrogens (tertiary/aromatic N) is 3. The lowest BCUT2D eigenvalue weighted by atomic mass is 9.93. The molecule has 1 atom stereocenters. The SMILES string of the molecule is COc1cc(NC(=O)Cc2ccc(C3=CCN(C(=O)OC(C)(C)C)CC3C)nc2)ncc1Cl. The zero-order valence-corrected chi connectivity index (χ0v) is 20.3. The molecule has 2 amide bonds. The van der Waals surface area contributed by atoms with Gasteiger partial charge in [-0.25, -0.2) is 9.78 Å². The van der Waals surface area contributed by atoms with Gasteiger partial charge in [-0.15, -0.1) is 0 Å². The third kappa shape index (κ3) is 6.68. The van der Waals surface area contributed by atoms with Crippen LogP contribution >= 0.6 is 11.6 Å². The third-order valence-electron chi connectivity index (χ3n) is 5.00. The minimum atomic E-state index is -0.524. The summed E-state index contributed by atoms with van der Waals surface area (Å²) in [6.07, 6.45) is 4.97. The summed E-state index contributed by atoms with van der Waals surface area (Å²) in [6, 6.07) is 5.35. The predicted octanol–water partition coefficient (Wildman–Crippen LogP) is 4.59. The number of carbonyl (C=O) groups excluding carboxylic acids is 2. The Bertz CT molecular complexity index is 1050. The maximum absolute atomic E-state index is 12.4. The Hall–Kier alpha value is -3.13. The zero-order valence-electron chi connectivity index (χ0n) is 19.5. The number of nitrogens with one attached hydrogen (secondary N) is 1. The predicted molar refractivity (Wildman–Crippen MR) is 127 cm³/mol. The fourth-order valence-electron chi connectivity index (χ4n) is 3.46. The molecule has 0 aromatic carbocycles. The lowest BCUT2D eigenvalue weighted by molar-refractivity contribution is -0.115. The van der Waals surface area contributed by atoms with Crippen LogP contribution in [0.5, 0.6) is 5.75 Å². The molecule has 1 aliphatic rings. The molecule has 176 valence electrons. The van der Waals surface area contributed by atoms with Gasteiger partial charge in [0.2, 0.25) is 5.91 Å². The van der Waals surface area contributed by atoms with Crippen molar-refractivity contribution in [3.63, 3.8) is 0 Å². The van der Waals surface area contributed by atoms with E-state index in [1.165, 1.54) is 13.3 Å². The second kappa shape index (κ2) is 10.2. The van der Waals surface area contributed by atoms with Gasteiger partial charge in [-0.05, 0) is 38.0 Å². The number of rotatable bonds is 5. The molecule has 1 unspecified atom stereocenters. The minimum Gasteiger partial charge on any atom is -0.495 e. The first-order chi connectivity index (χ1) is 15.6. The Kier molecular flexibility index (Phi) is 7.58. The molecule has 0 saturated heterocycles. The summed E-state index contributed by atoms with van der Waals surface area (Å²) >= 11 is 5.96. The van der Waals surface area contributed by atoms with Crippen LogP contribution < -0.4 is 10.1 Å². The van der Waals surface area contributed by atoms with Gasteiger partial charge in [-0.2, -0.15) is 0 Å². The van der Waals surface area contributed by atoms with Crippen LogP contribution in [0.1, 0.15) is 39.0 Å². The van der Waals surface area contributed by atoms with E-state index in [-0.39, 0.29) is 24.3 Å². The minimum absolute atomic E-state index is 0.110. The number of pyridine rings is 2. The van der Waals surface area contributed by atoms with Crippen molar-refractivity contribution < 1.29 is 19.1 Å². The highest BCUT2D eigenvalue weighted by Crippen LogP contribution is 2.28. The van der Waals surface area contributed by atoms with E-state index in [9.17, 15) is 9.59 Å². The molecule has 3 rings (SSSR count). The summed E-state index contributed by atoms with van der Waals surface area (Å²) in [5.74, 6) is 0.688.